The van der Waals surface area contributed by atoms with Gasteiger partial charge in [0.15, 0.2) is 0 Å². The lowest BCUT2D eigenvalue weighted by Gasteiger charge is -2.23. The van der Waals surface area contributed by atoms with E-state index < -0.39 is 0 Å². The molecule has 1 aromatic rings. The fourth-order valence-corrected chi connectivity index (χ4v) is 3.99. The SMILES string of the molecule is CC(N)c1ccc(C2CCSCC2)c(Br)c1. The molecule has 1 heterocycles. The van der Waals surface area contributed by atoms with Crippen molar-refractivity contribution in [1.82, 2.24) is 0 Å². The van der Waals surface area contributed by atoms with Crippen molar-refractivity contribution in [2.75, 3.05) is 11.5 Å². The molecule has 88 valence electrons. The van der Waals surface area contributed by atoms with Gasteiger partial charge < -0.3 is 5.73 Å². The summed E-state index contributed by atoms with van der Waals surface area (Å²) in [6.45, 7) is 2.03. The van der Waals surface area contributed by atoms with Crippen molar-refractivity contribution in [1.29, 1.82) is 0 Å². The number of benzene rings is 1. The Balaban J connectivity index is 2.21. The molecule has 1 unspecified atom stereocenters. The van der Waals surface area contributed by atoms with E-state index in [1.54, 1.807) is 0 Å². The molecule has 1 saturated heterocycles. The Morgan fingerprint density at radius 2 is 2.06 bits per heavy atom. The summed E-state index contributed by atoms with van der Waals surface area (Å²) < 4.78 is 1.24. The molecule has 2 rings (SSSR count). The smallest absolute Gasteiger partial charge is 0.0266 e. The van der Waals surface area contributed by atoms with Crippen LogP contribution in [0.5, 0.6) is 0 Å². The van der Waals surface area contributed by atoms with Crippen molar-refractivity contribution < 1.29 is 0 Å². The van der Waals surface area contributed by atoms with Crippen LogP contribution in [0, 0.1) is 0 Å². The Bertz CT molecular complexity index is 359. The van der Waals surface area contributed by atoms with E-state index in [0.717, 1.165) is 5.92 Å². The summed E-state index contributed by atoms with van der Waals surface area (Å²) in [4.78, 5) is 0. The molecular weight excluding hydrogens is 282 g/mol. The van der Waals surface area contributed by atoms with Gasteiger partial charge in [0.2, 0.25) is 0 Å². The number of halogens is 1. The van der Waals surface area contributed by atoms with Crippen molar-refractivity contribution in [3.63, 3.8) is 0 Å². The number of thioether (sulfide) groups is 1. The molecule has 0 aliphatic carbocycles. The van der Waals surface area contributed by atoms with Gasteiger partial charge in [-0.05, 0) is 54.4 Å². The van der Waals surface area contributed by atoms with Crippen LogP contribution in [-0.4, -0.2) is 11.5 Å². The fourth-order valence-electron chi connectivity index (χ4n) is 2.17. The van der Waals surface area contributed by atoms with E-state index in [1.807, 2.05) is 6.92 Å². The second-order valence-corrected chi connectivity index (χ2v) is 6.54. The number of hydrogen-bond acceptors (Lipinski definition) is 2. The molecule has 0 spiro atoms. The topological polar surface area (TPSA) is 26.0 Å². The summed E-state index contributed by atoms with van der Waals surface area (Å²) in [6, 6.07) is 6.73. The van der Waals surface area contributed by atoms with Gasteiger partial charge in [0.1, 0.15) is 0 Å². The number of nitrogens with two attached hydrogens (primary N) is 1. The van der Waals surface area contributed by atoms with E-state index in [9.17, 15) is 0 Å². The summed E-state index contributed by atoms with van der Waals surface area (Å²) in [6.07, 6.45) is 2.61. The second kappa shape index (κ2) is 5.56. The fraction of sp³-hybridized carbons (Fsp3) is 0.538. The first-order valence-electron chi connectivity index (χ1n) is 5.81. The first-order chi connectivity index (χ1) is 7.68. The molecule has 1 aliphatic heterocycles. The predicted molar refractivity (Wildman–Crippen MR) is 76.0 cm³/mol. The van der Waals surface area contributed by atoms with Crippen LogP contribution < -0.4 is 5.73 Å². The average Bonchev–Trinajstić information content (AvgIpc) is 2.30. The molecule has 16 heavy (non-hydrogen) atoms. The molecule has 0 aromatic heterocycles. The second-order valence-electron chi connectivity index (χ2n) is 4.46. The molecule has 1 aliphatic rings. The number of rotatable bonds is 2. The Kier molecular flexibility index (Phi) is 4.34. The third kappa shape index (κ3) is 2.82. The highest BCUT2D eigenvalue weighted by Crippen LogP contribution is 2.36. The van der Waals surface area contributed by atoms with Gasteiger partial charge in [-0.15, -0.1) is 0 Å². The summed E-state index contributed by atoms with van der Waals surface area (Å²) in [5.74, 6) is 3.33. The largest absolute Gasteiger partial charge is 0.324 e. The standard InChI is InChI=1S/C13H18BrNS/c1-9(15)11-2-3-12(13(14)8-11)10-4-6-16-7-5-10/h2-3,8-10H,4-7,15H2,1H3. The maximum atomic E-state index is 5.89. The van der Waals surface area contributed by atoms with Gasteiger partial charge in [-0.2, -0.15) is 11.8 Å². The van der Waals surface area contributed by atoms with Gasteiger partial charge in [0.05, 0.1) is 0 Å². The van der Waals surface area contributed by atoms with E-state index in [0.29, 0.717) is 0 Å². The Morgan fingerprint density at radius 3 is 2.62 bits per heavy atom. The summed E-state index contributed by atoms with van der Waals surface area (Å²) in [7, 11) is 0. The zero-order valence-corrected chi connectivity index (χ0v) is 12.0. The minimum atomic E-state index is 0.118. The van der Waals surface area contributed by atoms with Crippen LogP contribution in [0.4, 0.5) is 0 Å². The lowest BCUT2D eigenvalue weighted by Crippen LogP contribution is -2.10. The first kappa shape index (κ1) is 12.5. The third-order valence-electron chi connectivity index (χ3n) is 3.21. The van der Waals surface area contributed by atoms with Gasteiger partial charge in [0, 0.05) is 10.5 Å². The minimum absolute atomic E-state index is 0.118. The quantitative estimate of drug-likeness (QED) is 0.890. The molecule has 0 radical (unpaired) electrons. The van der Waals surface area contributed by atoms with Crippen LogP contribution in [0.25, 0.3) is 0 Å². The molecular formula is C13H18BrNS. The van der Waals surface area contributed by atoms with Crippen LogP contribution in [0.15, 0.2) is 22.7 Å². The zero-order valence-electron chi connectivity index (χ0n) is 9.58. The molecule has 1 nitrogen and oxygen atoms in total. The number of hydrogen-bond donors (Lipinski definition) is 1. The molecule has 1 aromatic carbocycles. The van der Waals surface area contributed by atoms with Crippen molar-refractivity contribution in [3.05, 3.63) is 33.8 Å². The highest BCUT2D eigenvalue weighted by molar-refractivity contribution is 9.10. The van der Waals surface area contributed by atoms with E-state index >= 15 is 0 Å². The minimum Gasteiger partial charge on any atom is -0.324 e. The molecule has 0 bridgehead atoms. The molecule has 2 N–H and O–H groups in total. The zero-order chi connectivity index (χ0) is 11.5. The van der Waals surface area contributed by atoms with E-state index in [2.05, 4.69) is 45.9 Å². The predicted octanol–water partition coefficient (Wildman–Crippen LogP) is 4.08. The third-order valence-corrected chi connectivity index (χ3v) is 4.95. The van der Waals surface area contributed by atoms with Crippen LogP contribution in [0.2, 0.25) is 0 Å². The summed E-state index contributed by atoms with van der Waals surface area (Å²) in [5.41, 5.74) is 8.56. The Hall–Kier alpha value is 0.01000. The molecule has 0 saturated carbocycles. The Labute approximate surface area is 110 Å². The van der Waals surface area contributed by atoms with Gasteiger partial charge in [-0.25, -0.2) is 0 Å². The van der Waals surface area contributed by atoms with Gasteiger partial charge in [0.25, 0.3) is 0 Å². The van der Waals surface area contributed by atoms with Crippen LogP contribution in [-0.2, 0) is 0 Å². The maximum absolute atomic E-state index is 5.89. The maximum Gasteiger partial charge on any atom is 0.0266 e. The van der Waals surface area contributed by atoms with Crippen LogP contribution in [0.1, 0.15) is 42.9 Å². The monoisotopic (exact) mass is 299 g/mol. The lowest BCUT2D eigenvalue weighted by molar-refractivity contribution is 0.634. The van der Waals surface area contributed by atoms with Gasteiger partial charge in [-0.3, -0.25) is 0 Å². The lowest BCUT2D eigenvalue weighted by atomic mass is 9.92. The van der Waals surface area contributed by atoms with Crippen LogP contribution in [0.3, 0.4) is 0 Å². The van der Waals surface area contributed by atoms with Crippen molar-refractivity contribution in [3.8, 4) is 0 Å². The van der Waals surface area contributed by atoms with Crippen LogP contribution >= 0.6 is 27.7 Å². The van der Waals surface area contributed by atoms with Gasteiger partial charge >= 0.3 is 0 Å². The van der Waals surface area contributed by atoms with Crippen molar-refractivity contribution in [2.24, 2.45) is 5.73 Å². The summed E-state index contributed by atoms with van der Waals surface area (Å²) in [5, 5.41) is 0. The van der Waals surface area contributed by atoms with E-state index in [4.69, 9.17) is 5.73 Å². The summed E-state index contributed by atoms with van der Waals surface area (Å²) >= 11 is 5.76. The highest BCUT2D eigenvalue weighted by atomic mass is 79.9. The Morgan fingerprint density at radius 1 is 1.38 bits per heavy atom. The van der Waals surface area contributed by atoms with E-state index in [1.165, 1.54) is 39.9 Å². The highest BCUT2D eigenvalue weighted by Gasteiger charge is 2.18. The average molecular weight is 300 g/mol. The molecule has 1 atom stereocenters. The molecule has 3 heteroatoms. The molecule has 1 fully saturated rings. The first-order valence-corrected chi connectivity index (χ1v) is 7.76. The van der Waals surface area contributed by atoms with Crippen molar-refractivity contribution >= 4 is 27.7 Å². The normalized spacial score (nSPS) is 19.7. The molecule has 0 amide bonds. The van der Waals surface area contributed by atoms with E-state index in [-0.39, 0.29) is 6.04 Å². The van der Waals surface area contributed by atoms with Crippen molar-refractivity contribution in [2.45, 2.75) is 31.7 Å². The van der Waals surface area contributed by atoms with Gasteiger partial charge in [-0.1, -0.05) is 28.1 Å².